The first-order valence-electron chi connectivity index (χ1n) is 10.9. The molecule has 0 aliphatic heterocycles. The van der Waals surface area contributed by atoms with Gasteiger partial charge in [0, 0.05) is 37.7 Å². The van der Waals surface area contributed by atoms with Crippen molar-refractivity contribution in [1.82, 2.24) is 9.80 Å². The number of hydrogen-bond acceptors (Lipinski definition) is 4. The van der Waals surface area contributed by atoms with E-state index in [2.05, 4.69) is 65.2 Å². The van der Waals surface area contributed by atoms with Gasteiger partial charge in [0.1, 0.15) is 8.64 Å². The van der Waals surface area contributed by atoms with Crippen LogP contribution >= 0.6 is 48.0 Å². The van der Waals surface area contributed by atoms with E-state index < -0.39 is 0 Å². The number of rotatable bonds is 13. The van der Waals surface area contributed by atoms with Gasteiger partial charge < -0.3 is 9.80 Å². The second-order valence-electron chi connectivity index (χ2n) is 9.32. The summed E-state index contributed by atoms with van der Waals surface area (Å²) in [6.07, 6.45) is 2.40. The lowest BCUT2D eigenvalue weighted by molar-refractivity contribution is 0.337. The third kappa shape index (κ3) is 15.3. The average Bonchev–Trinajstić information content (AvgIpc) is 2.54. The van der Waals surface area contributed by atoms with Gasteiger partial charge in [-0.05, 0) is 36.5 Å². The fourth-order valence-electron chi connectivity index (χ4n) is 2.92. The van der Waals surface area contributed by atoms with Crippen LogP contribution in [0.2, 0.25) is 0 Å². The van der Waals surface area contributed by atoms with E-state index in [1.807, 2.05) is 23.5 Å². The summed E-state index contributed by atoms with van der Waals surface area (Å²) < 4.78 is 2.15. The molecule has 2 nitrogen and oxygen atoms in total. The molecule has 0 aromatic carbocycles. The van der Waals surface area contributed by atoms with E-state index >= 15 is 0 Å². The first-order valence-corrected chi connectivity index (χ1v) is 13.6. The summed E-state index contributed by atoms with van der Waals surface area (Å²) in [5.41, 5.74) is 0. The van der Waals surface area contributed by atoms with Gasteiger partial charge in [-0.2, -0.15) is 0 Å². The van der Waals surface area contributed by atoms with E-state index in [9.17, 15) is 0 Å². The quantitative estimate of drug-likeness (QED) is 0.212. The van der Waals surface area contributed by atoms with Crippen molar-refractivity contribution in [2.24, 2.45) is 23.7 Å². The summed E-state index contributed by atoms with van der Waals surface area (Å²) in [4.78, 5) is 4.80. The molecule has 166 valence electrons. The van der Waals surface area contributed by atoms with Crippen LogP contribution in [0.3, 0.4) is 0 Å². The molecule has 0 heterocycles. The number of unbranched alkanes of at least 4 members (excludes halogenated alkanes) is 1. The minimum Gasteiger partial charge on any atom is -0.357 e. The second-order valence-corrected chi connectivity index (χ2v) is 12.8. The Kier molecular flexibility index (Phi) is 16.5. The molecule has 0 aliphatic carbocycles. The summed E-state index contributed by atoms with van der Waals surface area (Å²) in [5, 5.41) is 0. The summed E-state index contributed by atoms with van der Waals surface area (Å²) in [5.74, 6) is 4.81. The number of thioether (sulfide) groups is 2. The fourth-order valence-corrected chi connectivity index (χ4v) is 5.42. The van der Waals surface area contributed by atoms with E-state index in [1.165, 1.54) is 12.8 Å². The Morgan fingerprint density at radius 2 is 0.821 bits per heavy atom. The molecule has 28 heavy (non-hydrogen) atoms. The molecule has 0 spiro atoms. The van der Waals surface area contributed by atoms with Gasteiger partial charge in [0.15, 0.2) is 0 Å². The van der Waals surface area contributed by atoms with Gasteiger partial charge >= 0.3 is 0 Å². The first-order chi connectivity index (χ1) is 13.0. The van der Waals surface area contributed by atoms with E-state index in [0.717, 1.165) is 46.3 Å². The molecule has 0 unspecified atom stereocenters. The summed E-state index contributed by atoms with van der Waals surface area (Å²) in [6, 6.07) is 0. The van der Waals surface area contributed by atoms with Crippen LogP contribution in [0.1, 0.15) is 68.2 Å². The Morgan fingerprint density at radius 3 is 1.04 bits per heavy atom. The number of nitrogens with zero attached hydrogens (tertiary/aromatic N) is 2. The maximum Gasteiger partial charge on any atom is 0.136 e. The maximum absolute atomic E-state index is 5.70. The molecule has 0 aliphatic rings. The highest BCUT2D eigenvalue weighted by Crippen LogP contribution is 2.18. The third-order valence-electron chi connectivity index (χ3n) is 3.85. The van der Waals surface area contributed by atoms with E-state index in [1.54, 1.807) is 0 Å². The summed E-state index contributed by atoms with van der Waals surface area (Å²) in [6.45, 7) is 22.4. The van der Waals surface area contributed by atoms with Crippen LogP contribution in [-0.2, 0) is 0 Å². The van der Waals surface area contributed by atoms with Gasteiger partial charge in [0.2, 0.25) is 0 Å². The average molecular weight is 465 g/mol. The molecule has 0 saturated heterocycles. The van der Waals surface area contributed by atoms with Crippen LogP contribution in [0.25, 0.3) is 0 Å². The number of hydrogen-bond donors (Lipinski definition) is 0. The minimum absolute atomic E-state index is 0.648. The fraction of sp³-hybridized carbons (Fsp3) is 0.909. The zero-order valence-electron chi connectivity index (χ0n) is 19.5. The molecular formula is C22H44N2S4. The smallest absolute Gasteiger partial charge is 0.136 e. The molecule has 6 heteroatoms. The minimum atomic E-state index is 0.648. The Balaban J connectivity index is 4.16. The molecular weight excluding hydrogens is 421 g/mol. The molecule has 0 atom stereocenters. The van der Waals surface area contributed by atoms with Crippen molar-refractivity contribution in [2.75, 3.05) is 37.7 Å². The molecule has 0 aromatic heterocycles. The van der Waals surface area contributed by atoms with Gasteiger partial charge in [0.05, 0.1) is 0 Å². The van der Waals surface area contributed by atoms with Gasteiger partial charge in [-0.3, -0.25) is 0 Å². The van der Waals surface area contributed by atoms with Crippen LogP contribution in [-0.4, -0.2) is 56.1 Å². The Hall–Kier alpha value is 0.480. The molecule has 0 N–H and O–H groups in total. The molecule has 0 rings (SSSR count). The van der Waals surface area contributed by atoms with Crippen molar-refractivity contribution in [3.8, 4) is 0 Å². The van der Waals surface area contributed by atoms with Crippen LogP contribution < -0.4 is 0 Å². The molecule has 0 fully saturated rings. The van der Waals surface area contributed by atoms with Crippen LogP contribution in [0.5, 0.6) is 0 Å². The Morgan fingerprint density at radius 1 is 0.571 bits per heavy atom. The van der Waals surface area contributed by atoms with Crippen molar-refractivity contribution < 1.29 is 0 Å². The lowest BCUT2D eigenvalue weighted by Crippen LogP contribution is -2.34. The molecule has 0 radical (unpaired) electrons. The lowest BCUT2D eigenvalue weighted by Gasteiger charge is -2.28. The van der Waals surface area contributed by atoms with E-state index in [4.69, 9.17) is 24.4 Å². The zero-order chi connectivity index (χ0) is 21.7. The van der Waals surface area contributed by atoms with Crippen molar-refractivity contribution in [3.63, 3.8) is 0 Å². The molecule has 0 bridgehead atoms. The molecule has 0 amide bonds. The Labute approximate surface area is 195 Å². The van der Waals surface area contributed by atoms with Crippen LogP contribution in [0, 0.1) is 23.7 Å². The van der Waals surface area contributed by atoms with Crippen molar-refractivity contribution in [2.45, 2.75) is 68.2 Å². The SMILES string of the molecule is CC(C)CN(CC(C)C)C(=S)SCCCCSC(=S)N(CC(C)C)CC(C)C. The first kappa shape index (κ1) is 28.5. The monoisotopic (exact) mass is 464 g/mol. The molecule has 0 saturated carbocycles. The highest BCUT2D eigenvalue weighted by Gasteiger charge is 2.15. The topological polar surface area (TPSA) is 6.48 Å². The third-order valence-corrected chi connectivity index (χ3v) is 7.07. The van der Waals surface area contributed by atoms with Gasteiger partial charge in [0.25, 0.3) is 0 Å². The zero-order valence-corrected chi connectivity index (χ0v) is 22.8. The van der Waals surface area contributed by atoms with Crippen LogP contribution in [0.15, 0.2) is 0 Å². The van der Waals surface area contributed by atoms with Gasteiger partial charge in [-0.25, -0.2) is 0 Å². The predicted octanol–water partition coefficient (Wildman–Crippen LogP) is 7.03. The lowest BCUT2D eigenvalue weighted by atomic mass is 10.1. The maximum atomic E-state index is 5.70. The summed E-state index contributed by atoms with van der Waals surface area (Å²) in [7, 11) is 0. The predicted molar refractivity (Wildman–Crippen MR) is 142 cm³/mol. The van der Waals surface area contributed by atoms with Crippen molar-refractivity contribution in [3.05, 3.63) is 0 Å². The summed E-state index contributed by atoms with van der Waals surface area (Å²) >= 11 is 15.1. The standard InChI is InChI=1S/C22H44N2S4/c1-17(2)13-23(14-18(3)4)21(25)27-11-9-10-12-28-22(26)24(15-19(5)6)16-20(7)8/h17-20H,9-16H2,1-8H3. The highest BCUT2D eigenvalue weighted by atomic mass is 32.2. The van der Waals surface area contributed by atoms with Crippen molar-refractivity contribution >= 4 is 56.6 Å². The largest absolute Gasteiger partial charge is 0.357 e. The number of thiocarbonyl (C=S) groups is 2. The highest BCUT2D eigenvalue weighted by molar-refractivity contribution is 8.23. The normalized spacial score (nSPS) is 11.7. The van der Waals surface area contributed by atoms with Gasteiger partial charge in [-0.15, -0.1) is 0 Å². The van der Waals surface area contributed by atoms with Gasteiger partial charge in [-0.1, -0.05) is 103 Å². The Bertz CT molecular complexity index is 376. The second kappa shape index (κ2) is 16.2. The van der Waals surface area contributed by atoms with Crippen LogP contribution in [0.4, 0.5) is 0 Å². The molecule has 0 aromatic rings. The van der Waals surface area contributed by atoms with Crippen molar-refractivity contribution in [1.29, 1.82) is 0 Å². The van der Waals surface area contributed by atoms with E-state index in [-0.39, 0.29) is 0 Å². The van der Waals surface area contributed by atoms with E-state index in [0.29, 0.717) is 23.7 Å².